The van der Waals surface area contributed by atoms with Crippen LogP contribution in [0.25, 0.3) is 10.9 Å². The van der Waals surface area contributed by atoms with Gasteiger partial charge in [-0.3, -0.25) is 4.79 Å². The Bertz CT molecular complexity index is 1200. The third kappa shape index (κ3) is 3.96. The molecule has 0 unspecified atom stereocenters. The van der Waals surface area contributed by atoms with Gasteiger partial charge < -0.3 is 24.5 Å². The molecule has 1 aliphatic heterocycles. The number of aromatic hydroxyl groups is 1. The highest BCUT2D eigenvalue weighted by Crippen LogP contribution is 2.40. The Morgan fingerprint density at radius 2 is 2.06 bits per heavy atom. The fraction of sp³-hybridized carbons (Fsp3) is 0.318. The van der Waals surface area contributed by atoms with Crippen LogP contribution < -0.4 is 10.1 Å². The maximum atomic E-state index is 14.2. The first-order valence-corrected chi connectivity index (χ1v) is 9.71. The smallest absolute Gasteiger partial charge is 0.251 e. The van der Waals surface area contributed by atoms with Crippen molar-refractivity contribution in [2.45, 2.75) is 39.5 Å². The van der Waals surface area contributed by atoms with E-state index in [1.54, 1.807) is 18.2 Å². The van der Waals surface area contributed by atoms with Gasteiger partial charge in [-0.15, -0.1) is 4.91 Å². The number of carbonyl (C=O) groups excluding carboxylic acids is 1. The second-order valence-corrected chi connectivity index (χ2v) is 8.45. The largest absolute Gasteiger partial charge is 0.493 e. The third-order valence-electron chi connectivity index (χ3n) is 4.93. The van der Waals surface area contributed by atoms with Crippen molar-refractivity contribution in [1.82, 2.24) is 9.88 Å². The average Bonchev–Trinajstić information content (AvgIpc) is 2.97. The Labute approximate surface area is 177 Å². The molecule has 1 aromatic heterocycles. The molecule has 2 heterocycles. The standard InChI is InChI=1S/C22H22FN3O5/c1-22(2,3)24-20(27)12-4-5-16-17(8-12)26(21(28)18(16)25-29)9-13-6-15(23)7-14-10-30-11-31-19(13)14/h4-8,28H,9-11H2,1-3H3,(H,24,27). The van der Waals surface area contributed by atoms with Crippen LogP contribution in [0, 0.1) is 10.7 Å². The van der Waals surface area contributed by atoms with Gasteiger partial charge in [0.15, 0.2) is 12.5 Å². The summed E-state index contributed by atoms with van der Waals surface area (Å²) in [7, 11) is 0. The van der Waals surface area contributed by atoms with E-state index in [2.05, 4.69) is 10.5 Å². The lowest BCUT2D eigenvalue weighted by Gasteiger charge is -2.21. The molecule has 4 rings (SSSR count). The van der Waals surface area contributed by atoms with E-state index in [1.165, 1.54) is 16.7 Å². The number of nitrogens with one attached hydrogen (secondary N) is 1. The van der Waals surface area contributed by atoms with Gasteiger partial charge in [0.05, 0.1) is 18.7 Å². The van der Waals surface area contributed by atoms with Crippen molar-refractivity contribution in [3.63, 3.8) is 0 Å². The molecule has 0 atom stereocenters. The van der Waals surface area contributed by atoms with Crippen molar-refractivity contribution in [1.29, 1.82) is 0 Å². The second-order valence-electron chi connectivity index (χ2n) is 8.45. The summed E-state index contributed by atoms with van der Waals surface area (Å²) in [6.45, 7) is 5.83. The van der Waals surface area contributed by atoms with E-state index in [9.17, 15) is 19.2 Å². The monoisotopic (exact) mass is 427 g/mol. The van der Waals surface area contributed by atoms with Crippen LogP contribution in [-0.2, 0) is 17.9 Å². The summed E-state index contributed by atoms with van der Waals surface area (Å²) in [6.07, 6.45) is 0. The molecule has 1 aliphatic rings. The van der Waals surface area contributed by atoms with Gasteiger partial charge in [0.25, 0.3) is 5.91 Å². The first-order chi connectivity index (χ1) is 14.7. The summed E-state index contributed by atoms with van der Waals surface area (Å²) in [6, 6.07) is 7.33. The molecular formula is C22H22FN3O5. The molecule has 0 spiro atoms. The number of nitroso groups, excluding NO2 is 1. The van der Waals surface area contributed by atoms with E-state index in [0.29, 0.717) is 33.3 Å². The highest BCUT2D eigenvalue weighted by atomic mass is 19.1. The predicted octanol–water partition coefficient (Wildman–Crippen LogP) is 4.33. The molecule has 162 valence electrons. The number of ether oxygens (including phenoxy) is 2. The van der Waals surface area contributed by atoms with Gasteiger partial charge in [-0.05, 0) is 56.3 Å². The van der Waals surface area contributed by atoms with E-state index in [1.807, 2.05) is 20.8 Å². The first-order valence-electron chi connectivity index (χ1n) is 9.71. The number of nitrogens with zero attached hydrogens (tertiary/aromatic N) is 2. The molecule has 2 aromatic carbocycles. The zero-order chi connectivity index (χ0) is 22.3. The molecule has 31 heavy (non-hydrogen) atoms. The van der Waals surface area contributed by atoms with Gasteiger partial charge in [0.1, 0.15) is 11.6 Å². The van der Waals surface area contributed by atoms with Crippen molar-refractivity contribution < 1.29 is 23.8 Å². The minimum Gasteiger partial charge on any atom is -0.493 e. The van der Waals surface area contributed by atoms with E-state index in [0.717, 1.165) is 0 Å². The Morgan fingerprint density at radius 3 is 2.77 bits per heavy atom. The van der Waals surface area contributed by atoms with Crippen LogP contribution >= 0.6 is 0 Å². The van der Waals surface area contributed by atoms with E-state index in [4.69, 9.17) is 9.47 Å². The van der Waals surface area contributed by atoms with Gasteiger partial charge in [0.2, 0.25) is 5.88 Å². The lowest BCUT2D eigenvalue weighted by molar-refractivity contribution is -0.0173. The van der Waals surface area contributed by atoms with E-state index in [-0.39, 0.29) is 37.4 Å². The molecule has 1 amide bonds. The number of aromatic nitrogens is 1. The van der Waals surface area contributed by atoms with E-state index < -0.39 is 11.4 Å². The zero-order valence-corrected chi connectivity index (χ0v) is 17.4. The second kappa shape index (κ2) is 7.66. The van der Waals surface area contributed by atoms with Gasteiger partial charge in [0, 0.05) is 27.6 Å². The summed E-state index contributed by atoms with van der Waals surface area (Å²) < 4.78 is 26.3. The van der Waals surface area contributed by atoms with Crippen LogP contribution in [0.1, 0.15) is 42.3 Å². The summed E-state index contributed by atoms with van der Waals surface area (Å²) in [5.41, 5.74) is 1.20. The number of hydrogen-bond acceptors (Lipinski definition) is 6. The summed E-state index contributed by atoms with van der Waals surface area (Å²) in [4.78, 5) is 24.0. The predicted molar refractivity (Wildman–Crippen MR) is 112 cm³/mol. The number of halogens is 1. The maximum absolute atomic E-state index is 14.2. The summed E-state index contributed by atoms with van der Waals surface area (Å²) >= 11 is 0. The SMILES string of the molecule is CC(C)(C)NC(=O)c1ccc2c(N=O)c(O)n(Cc3cc(F)cc4c3OCOC4)c2c1. The number of amides is 1. The van der Waals surface area contributed by atoms with Gasteiger partial charge in [-0.2, -0.15) is 0 Å². The van der Waals surface area contributed by atoms with E-state index >= 15 is 0 Å². The Hall–Kier alpha value is -3.46. The summed E-state index contributed by atoms with van der Waals surface area (Å²) in [5.74, 6) is -0.678. The van der Waals surface area contributed by atoms with Crippen molar-refractivity contribution in [2.75, 3.05) is 6.79 Å². The Balaban J connectivity index is 1.83. The lowest BCUT2D eigenvalue weighted by atomic mass is 10.1. The molecule has 9 heteroatoms. The molecular weight excluding hydrogens is 405 g/mol. The molecule has 0 fully saturated rings. The number of hydrogen-bond donors (Lipinski definition) is 2. The first kappa shape index (κ1) is 20.8. The molecule has 8 nitrogen and oxygen atoms in total. The van der Waals surface area contributed by atoms with Crippen LogP contribution in [0.2, 0.25) is 0 Å². The fourth-order valence-electron chi connectivity index (χ4n) is 3.67. The van der Waals surface area contributed by atoms with Crippen molar-refractivity contribution in [2.24, 2.45) is 5.18 Å². The van der Waals surface area contributed by atoms with Gasteiger partial charge in [-0.25, -0.2) is 4.39 Å². The van der Waals surface area contributed by atoms with Crippen LogP contribution in [0.3, 0.4) is 0 Å². The highest BCUT2D eigenvalue weighted by molar-refractivity contribution is 6.02. The number of rotatable bonds is 4. The lowest BCUT2D eigenvalue weighted by Crippen LogP contribution is -2.40. The fourth-order valence-corrected chi connectivity index (χ4v) is 3.67. The van der Waals surface area contributed by atoms with Gasteiger partial charge in [-0.1, -0.05) is 0 Å². The highest BCUT2D eigenvalue weighted by Gasteiger charge is 2.23. The quantitative estimate of drug-likeness (QED) is 0.604. The van der Waals surface area contributed by atoms with Crippen molar-refractivity contribution in [3.8, 4) is 11.6 Å². The molecule has 0 bridgehead atoms. The number of benzene rings is 2. The topological polar surface area (TPSA) is 102 Å². The molecule has 2 N–H and O–H groups in total. The molecule has 0 saturated carbocycles. The number of fused-ring (bicyclic) bond motifs is 2. The molecule has 0 radical (unpaired) electrons. The summed E-state index contributed by atoms with van der Waals surface area (Å²) in [5, 5.41) is 16.9. The minimum atomic E-state index is -0.474. The van der Waals surface area contributed by atoms with Crippen molar-refractivity contribution in [3.05, 3.63) is 57.7 Å². The van der Waals surface area contributed by atoms with Crippen LogP contribution in [-0.4, -0.2) is 27.9 Å². The zero-order valence-electron chi connectivity index (χ0n) is 17.4. The minimum absolute atomic E-state index is 0.00227. The molecule has 0 aliphatic carbocycles. The van der Waals surface area contributed by atoms with Crippen LogP contribution in [0.15, 0.2) is 35.5 Å². The Morgan fingerprint density at radius 1 is 1.29 bits per heavy atom. The Kier molecular flexibility index (Phi) is 5.14. The van der Waals surface area contributed by atoms with Crippen LogP contribution in [0.4, 0.5) is 10.1 Å². The molecule has 0 saturated heterocycles. The van der Waals surface area contributed by atoms with Crippen LogP contribution in [0.5, 0.6) is 11.6 Å². The van der Waals surface area contributed by atoms with Crippen molar-refractivity contribution >= 4 is 22.5 Å². The van der Waals surface area contributed by atoms with Gasteiger partial charge >= 0.3 is 0 Å². The molecule has 3 aromatic rings. The average molecular weight is 427 g/mol. The maximum Gasteiger partial charge on any atom is 0.251 e. The number of carbonyl (C=O) groups is 1. The third-order valence-corrected chi connectivity index (χ3v) is 4.93. The normalized spacial score (nSPS) is 13.5.